The van der Waals surface area contributed by atoms with Crippen LogP contribution in [0.4, 0.5) is 4.79 Å². The summed E-state index contributed by atoms with van der Waals surface area (Å²) in [6, 6.07) is 13.5. The van der Waals surface area contributed by atoms with Crippen LogP contribution in [0.3, 0.4) is 0 Å². The molecule has 3 amide bonds. The van der Waals surface area contributed by atoms with E-state index >= 15 is 0 Å². The first-order valence-corrected chi connectivity index (χ1v) is 18.7. The molecule has 1 saturated carbocycles. The second-order valence-corrected chi connectivity index (χ2v) is 15.4. The second kappa shape index (κ2) is 14.5. The van der Waals surface area contributed by atoms with Crippen LogP contribution in [0.25, 0.3) is 22.3 Å². The second-order valence-electron chi connectivity index (χ2n) is 15.4. The Morgan fingerprint density at radius 2 is 1.65 bits per heavy atom. The fraction of sp³-hybridized carbons (Fsp3) is 0.488. The van der Waals surface area contributed by atoms with Crippen molar-refractivity contribution in [2.45, 2.75) is 90.9 Å². The monoisotopic (exact) mass is 703 g/mol. The molecule has 2 bridgehead atoms. The van der Waals surface area contributed by atoms with E-state index in [1.807, 2.05) is 62.2 Å². The third-order valence-corrected chi connectivity index (χ3v) is 11.4. The van der Waals surface area contributed by atoms with Gasteiger partial charge < -0.3 is 29.8 Å². The van der Waals surface area contributed by atoms with Crippen LogP contribution >= 0.6 is 0 Å². The van der Waals surface area contributed by atoms with Gasteiger partial charge in [-0.25, -0.2) is 14.8 Å². The van der Waals surface area contributed by atoms with Crippen LogP contribution in [0.1, 0.15) is 102 Å². The molecule has 7 rings (SSSR count). The normalized spacial score (nSPS) is 22.2. The van der Waals surface area contributed by atoms with Gasteiger partial charge in [-0.3, -0.25) is 9.59 Å². The molecule has 2 aliphatic heterocycles. The van der Waals surface area contributed by atoms with Crippen molar-refractivity contribution >= 4 is 28.9 Å². The SMILES string of the molecule is COC(=O)N[C@H](C(=O)N1CCC[C@H]1c1nc2ccc(C#Cc3ccc(-c4cnc(C5[C@H]6CC[C@@H](C6)N5C(=O)[C@@H](C)C(C)C)[nH]4)cc3)cc2[nH]1)C(C)C. The van der Waals surface area contributed by atoms with E-state index in [0.717, 1.165) is 77.2 Å². The van der Waals surface area contributed by atoms with Crippen molar-refractivity contribution in [2.75, 3.05) is 13.7 Å². The molecule has 3 aliphatic rings. The number of methoxy groups -OCH3 is 1. The number of rotatable bonds is 8. The largest absolute Gasteiger partial charge is 0.453 e. The molecule has 2 aromatic heterocycles. The number of likely N-dealkylation sites (tertiary alicyclic amines) is 2. The highest BCUT2D eigenvalue weighted by molar-refractivity contribution is 5.86. The summed E-state index contributed by atoms with van der Waals surface area (Å²) in [5.41, 5.74) is 5.36. The molecule has 1 aliphatic carbocycles. The summed E-state index contributed by atoms with van der Waals surface area (Å²) in [4.78, 5) is 59.6. The molecule has 4 aromatic rings. The molecule has 3 fully saturated rings. The molecule has 0 spiro atoms. The number of aromatic nitrogens is 4. The summed E-state index contributed by atoms with van der Waals surface area (Å²) < 4.78 is 4.76. The predicted molar refractivity (Wildman–Crippen MR) is 199 cm³/mol. The third kappa shape index (κ3) is 6.79. The summed E-state index contributed by atoms with van der Waals surface area (Å²) in [7, 11) is 1.29. The Morgan fingerprint density at radius 1 is 0.904 bits per heavy atom. The number of aromatic amines is 2. The fourth-order valence-electron chi connectivity index (χ4n) is 8.15. The van der Waals surface area contributed by atoms with Gasteiger partial charge in [-0.2, -0.15) is 0 Å². The zero-order valence-electron chi connectivity index (χ0n) is 30.9. The molecule has 4 heterocycles. The highest BCUT2D eigenvalue weighted by Gasteiger charge is 2.50. The van der Waals surface area contributed by atoms with Crippen molar-refractivity contribution in [1.82, 2.24) is 35.1 Å². The molecule has 1 unspecified atom stereocenters. The predicted octanol–water partition coefficient (Wildman–Crippen LogP) is 6.74. The van der Waals surface area contributed by atoms with Crippen molar-refractivity contribution in [1.29, 1.82) is 0 Å². The maximum absolute atomic E-state index is 13.5. The lowest BCUT2D eigenvalue weighted by molar-refractivity contribution is -0.141. The van der Waals surface area contributed by atoms with Crippen molar-refractivity contribution in [3.05, 3.63) is 71.4 Å². The van der Waals surface area contributed by atoms with Crippen molar-refractivity contribution in [3.63, 3.8) is 0 Å². The van der Waals surface area contributed by atoms with Crippen LogP contribution < -0.4 is 5.32 Å². The van der Waals surface area contributed by atoms with E-state index in [4.69, 9.17) is 14.7 Å². The average Bonchev–Trinajstić information content (AvgIpc) is 3.99. The van der Waals surface area contributed by atoms with Gasteiger partial charge in [-0.05, 0) is 85.8 Å². The van der Waals surface area contributed by atoms with Crippen LogP contribution in [0.15, 0.2) is 48.7 Å². The van der Waals surface area contributed by atoms with Crippen molar-refractivity contribution < 1.29 is 19.1 Å². The lowest BCUT2D eigenvalue weighted by Crippen LogP contribution is -2.51. The standard InChI is InChI=1S/C41H49N7O4/c1-23(2)25(5)39(49)48-30-17-16-29(21-30)36(48)38-42-22-33(45-38)28-14-11-26(12-15-28)9-10-27-13-18-31-32(20-27)44-37(43-31)34-8-7-19-47(34)40(50)35(24(3)4)46-41(51)52-6/h11-15,18,20,22-25,29-30,34-36H,7-8,16-17,19,21H2,1-6H3,(H,42,45)(H,43,44)(H,46,51)/t25-,29-,30-,34-,35-,36?/m0/s1. The third-order valence-electron chi connectivity index (χ3n) is 11.4. The van der Waals surface area contributed by atoms with Gasteiger partial charge in [0.15, 0.2) is 0 Å². The number of imidazole rings is 2. The van der Waals surface area contributed by atoms with E-state index in [2.05, 4.69) is 58.0 Å². The van der Waals surface area contributed by atoms with Crippen LogP contribution in [-0.4, -0.2) is 73.4 Å². The van der Waals surface area contributed by atoms with E-state index in [1.54, 1.807) is 0 Å². The number of nitrogens with zero attached hydrogens (tertiary/aromatic N) is 4. The average molecular weight is 704 g/mol. The molecule has 3 N–H and O–H groups in total. The minimum absolute atomic E-state index is 0.00851. The van der Waals surface area contributed by atoms with Gasteiger partial charge >= 0.3 is 6.09 Å². The molecular weight excluding hydrogens is 654 g/mol. The Morgan fingerprint density at radius 3 is 2.38 bits per heavy atom. The van der Waals surface area contributed by atoms with Gasteiger partial charge in [-0.1, -0.05) is 58.6 Å². The molecule has 2 saturated heterocycles. The van der Waals surface area contributed by atoms with Crippen molar-refractivity contribution in [2.24, 2.45) is 23.7 Å². The van der Waals surface area contributed by atoms with Gasteiger partial charge in [-0.15, -0.1) is 0 Å². The highest BCUT2D eigenvalue weighted by atomic mass is 16.5. The van der Waals surface area contributed by atoms with Crippen LogP contribution in [-0.2, 0) is 14.3 Å². The summed E-state index contributed by atoms with van der Waals surface area (Å²) in [5.74, 6) is 8.95. The Labute approximate surface area is 305 Å². The molecule has 52 heavy (non-hydrogen) atoms. The minimum Gasteiger partial charge on any atom is -0.453 e. The lowest BCUT2D eigenvalue weighted by atomic mass is 9.93. The van der Waals surface area contributed by atoms with Crippen LogP contribution in [0.2, 0.25) is 0 Å². The van der Waals surface area contributed by atoms with Crippen molar-refractivity contribution in [3.8, 4) is 23.1 Å². The number of hydrogen-bond acceptors (Lipinski definition) is 6. The molecule has 6 atom stereocenters. The zero-order chi connectivity index (χ0) is 36.7. The highest BCUT2D eigenvalue weighted by Crippen LogP contribution is 2.50. The number of benzene rings is 2. The van der Waals surface area contributed by atoms with E-state index < -0.39 is 12.1 Å². The number of carbonyl (C=O) groups is 3. The lowest BCUT2D eigenvalue weighted by Gasteiger charge is -2.36. The number of alkyl carbamates (subject to hydrolysis) is 1. The summed E-state index contributed by atoms with van der Waals surface area (Å²) in [5, 5.41) is 2.70. The minimum atomic E-state index is -0.682. The summed E-state index contributed by atoms with van der Waals surface area (Å²) in [6.07, 6.45) is 6.20. The number of fused-ring (bicyclic) bond motifs is 3. The Kier molecular flexibility index (Phi) is 9.84. The quantitative estimate of drug-likeness (QED) is 0.174. The Hall–Kier alpha value is -5.11. The summed E-state index contributed by atoms with van der Waals surface area (Å²) in [6.45, 7) is 10.7. The van der Waals surface area contributed by atoms with Crippen LogP contribution in [0, 0.1) is 35.5 Å². The number of H-pyrrole nitrogens is 2. The first-order valence-electron chi connectivity index (χ1n) is 18.7. The number of carbonyl (C=O) groups excluding carboxylic acids is 3. The molecule has 2 aromatic carbocycles. The van der Waals surface area contributed by atoms with E-state index in [-0.39, 0.29) is 35.7 Å². The Bertz CT molecular complexity index is 2020. The van der Waals surface area contributed by atoms with Gasteiger partial charge in [0.05, 0.1) is 42.1 Å². The summed E-state index contributed by atoms with van der Waals surface area (Å²) >= 11 is 0. The first-order chi connectivity index (χ1) is 25.0. The molecular formula is C41H49N7O4. The topological polar surface area (TPSA) is 136 Å². The maximum Gasteiger partial charge on any atom is 0.407 e. The van der Waals surface area contributed by atoms with Gasteiger partial charge in [0, 0.05) is 29.6 Å². The first kappa shape index (κ1) is 35.3. The van der Waals surface area contributed by atoms with E-state index in [9.17, 15) is 14.4 Å². The smallest absolute Gasteiger partial charge is 0.407 e. The van der Waals surface area contributed by atoms with Gasteiger partial charge in [0.25, 0.3) is 0 Å². The number of amides is 3. The molecule has 11 heteroatoms. The molecule has 272 valence electrons. The van der Waals surface area contributed by atoms with Crippen LogP contribution in [0.5, 0.6) is 0 Å². The molecule has 0 radical (unpaired) electrons. The fourth-order valence-corrected chi connectivity index (χ4v) is 8.15. The van der Waals surface area contributed by atoms with E-state index in [1.165, 1.54) is 7.11 Å². The van der Waals surface area contributed by atoms with E-state index in [0.29, 0.717) is 24.4 Å². The molecule has 11 nitrogen and oxygen atoms in total. The Balaban J connectivity index is 1.03. The van der Waals surface area contributed by atoms with Gasteiger partial charge in [0.1, 0.15) is 17.7 Å². The zero-order valence-corrected chi connectivity index (χ0v) is 30.9. The number of ether oxygens (including phenoxy) is 1. The number of nitrogens with one attached hydrogen (secondary N) is 3. The number of piperidine rings is 1. The maximum atomic E-state index is 13.5. The van der Waals surface area contributed by atoms with Gasteiger partial charge in [0.2, 0.25) is 11.8 Å². The number of hydrogen-bond donors (Lipinski definition) is 3.